The zero-order valence-corrected chi connectivity index (χ0v) is 18.1. The van der Waals surface area contributed by atoms with Gasteiger partial charge in [-0.2, -0.15) is 0 Å². The van der Waals surface area contributed by atoms with Crippen LogP contribution < -0.4 is 5.32 Å². The predicted molar refractivity (Wildman–Crippen MR) is 122 cm³/mol. The highest BCUT2D eigenvalue weighted by Crippen LogP contribution is 2.25. The van der Waals surface area contributed by atoms with Crippen LogP contribution in [0.3, 0.4) is 0 Å². The van der Waals surface area contributed by atoms with Crippen LogP contribution in [0.4, 0.5) is 5.13 Å². The topological polar surface area (TPSA) is 45.2 Å². The molecule has 0 spiro atoms. The minimum absolute atomic E-state index is 0. The maximum atomic E-state index is 12.7. The van der Waals surface area contributed by atoms with Crippen molar-refractivity contribution in [2.75, 3.05) is 11.9 Å². The Morgan fingerprint density at radius 2 is 1.86 bits per heavy atom. The summed E-state index contributed by atoms with van der Waals surface area (Å²) in [6, 6.07) is 18.6. The van der Waals surface area contributed by atoms with Gasteiger partial charge in [-0.25, -0.2) is 4.98 Å². The molecule has 1 unspecified atom stereocenters. The lowest BCUT2D eigenvalue weighted by Gasteiger charge is -2.27. The van der Waals surface area contributed by atoms with Crippen LogP contribution in [0.1, 0.15) is 41.6 Å². The number of carbonyl (C=O) groups is 1. The molecule has 0 saturated heterocycles. The number of benzene rings is 2. The maximum Gasteiger partial charge on any atom is 0.233 e. The molecule has 1 aliphatic heterocycles. The molecule has 2 aromatic carbocycles. The van der Waals surface area contributed by atoms with Crippen LogP contribution >= 0.6 is 23.7 Å². The molecule has 4 nitrogen and oxygen atoms in total. The van der Waals surface area contributed by atoms with Crippen LogP contribution in [-0.2, 0) is 24.3 Å². The normalized spacial score (nSPS) is 14.5. The molecule has 0 radical (unpaired) electrons. The molecule has 1 atom stereocenters. The van der Waals surface area contributed by atoms with E-state index >= 15 is 0 Å². The number of carbonyl (C=O) groups excluding carboxylic acids is 1. The van der Waals surface area contributed by atoms with Crippen molar-refractivity contribution in [2.45, 2.75) is 38.8 Å². The molecule has 0 fully saturated rings. The van der Waals surface area contributed by atoms with Crippen LogP contribution in [0.25, 0.3) is 0 Å². The summed E-state index contributed by atoms with van der Waals surface area (Å²) in [6.45, 7) is 4.86. The van der Waals surface area contributed by atoms with Crippen molar-refractivity contribution < 1.29 is 4.79 Å². The molecule has 29 heavy (non-hydrogen) atoms. The average Bonchev–Trinajstić information content (AvgIpc) is 3.16. The molecule has 0 saturated carbocycles. The first kappa shape index (κ1) is 21.5. The first-order valence-electron chi connectivity index (χ1n) is 9.82. The van der Waals surface area contributed by atoms with Crippen LogP contribution in [-0.4, -0.2) is 22.3 Å². The molecule has 2 heterocycles. The molecule has 1 aromatic heterocycles. The fourth-order valence-corrected chi connectivity index (χ4v) is 4.51. The van der Waals surface area contributed by atoms with Gasteiger partial charge in [0.25, 0.3) is 0 Å². The van der Waals surface area contributed by atoms with E-state index in [0.29, 0.717) is 5.13 Å². The lowest BCUT2D eigenvalue weighted by Crippen LogP contribution is -2.30. The third-order valence-corrected chi connectivity index (χ3v) is 6.11. The van der Waals surface area contributed by atoms with Crippen molar-refractivity contribution in [3.8, 4) is 0 Å². The van der Waals surface area contributed by atoms with Gasteiger partial charge in [0.15, 0.2) is 5.13 Å². The number of hydrogen-bond donors (Lipinski definition) is 1. The van der Waals surface area contributed by atoms with Gasteiger partial charge in [-0.15, -0.1) is 23.7 Å². The Hall–Kier alpha value is -2.21. The monoisotopic (exact) mass is 427 g/mol. The second kappa shape index (κ2) is 10.0. The number of thiazole rings is 1. The molecular formula is C23H26ClN3OS. The molecule has 4 rings (SSSR count). The van der Waals surface area contributed by atoms with Gasteiger partial charge in [-0.05, 0) is 29.5 Å². The third kappa shape index (κ3) is 5.24. The molecule has 6 heteroatoms. The van der Waals surface area contributed by atoms with E-state index in [1.54, 1.807) is 0 Å². The molecule has 0 aliphatic carbocycles. The molecule has 152 valence electrons. The van der Waals surface area contributed by atoms with Gasteiger partial charge in [0.1, 0.15) is 0 Å². The van der Waals surface area contributed by atoms with Gasteiger partial charge in [0.05, 0.1) is 11.6 Å². The van der Waals surface area contributed by atoms with Crippen molar-refractivity contribution in [2.24, 2.45) is 0 Å². The Labute approximate surface area is 182 Å². The fraction of sp³-hybridized carbons (Fsp3) is 0.304. The summed E-state index contributed by atoms with van der Waals surface area (Å²) in [5.74, 6) is -0.131. The Balaban J connectivity index is 0.00000240. The van der Waals surface area contributed by atoms with E-state index < -0.39 is 0 Å². The third-order valence-electron chi connectivity index (χ3n) is 5.30. The number of anilines is 1. The van der Waals surface area contributed by atoms with Gasteiger partial charge in [0, 0.05) is 25.0 Å². The summed E-state index contributed by atoms with van der Waals surface area (Å²) in [4.78, 5) is 19.8. The Bertz CT molecular complexity index is 944. The first-order valence-corrected chi connectivity index (χ1v) is 10.7. The molecule has 0 bridgehead atoms. The van der Waals surface area contributed by atoms with E-state index in [1.165, 1.54) is 22.5 Å². The largest absolute Gasteiger partial charge is 0.301 e. The SMILES string of the molecule is CCC(C(=O)Nc1nc(CN2CCc3ccccc3C2)cs1)c1ccccc1.Cl. The van der Waals surface area contributed by atoms with Crippen molar-refractivity contribution >= 4 is 34.8 Å². The predicted octanol–water partition coefficient (Wildman–Crippen LogP) is 5.26. The van der Waals surface area contributed by atoms with Crippen molar-refractivity contribution in [1.29, 1.82) is 0 Å². The minimum atomic E-state index is -0.146. The van der Waals surface area contributed by atoms with Crippen molar-refractivity contribution in [3.05, 3.63) is 82.4 Å². The van der Waals surface area contributed by atoms with E-state index in [9.17, 15) is 4.79 Å². The summed E-state index contributed by atoms with van der Waals surface area (Å²) in [5.41, 5.74) is 4.93. The van der Waals surface area contributed by atoms with Crippen LogP contribution in [0, 0.1) is 0 Å². The van der Waals surface area contributed by atoms with E-state index in [2.05, 4.69) is 44.8 Å². The highest BCUT2D eigenvalue weighted by molar-refractivity contribution is 7.13. The molecule has 1 amide bonds. The minimum Gasteiger partial charge on any atom is -0.301 e. The molecule has 1 aliphatic rings. The second-order valence-corrected chi connectivity index (χ2v) is 8.09. The maximum absolute atomic E-state index is 12.7. The number of halogens is 1. The fourth-order valence-electron chi connectivity index (χ4n) is 3.81. The average molecular weight is 428 g/mol. The van der Waals surface area contributed by atoms with Crippen molar-refractivity contribution in [3.63, 3.8) is 0 Å². The van der Waals surface area contributed by atoms with Gasteiger partial charge in [0.2, 0.25) is 5.91 Å². The summed E-state index contributed by atoms with van der Waals surface area (Å²) < 4.78 is 0. The van der Waals surface area contributed by atoms with E-state index in [-0.39, 0.29) is 24.2 Å². The van der Waals surface area contributed by atoms with Crippen LogP contribution in [0.2, 0.25) is 0 Å². The summed E-state index contributed by atoms with van der Waals surface area (Å²) in [6.07, 6.45) is 1.85. The smallest absolute Gasteiger partial charge is 0.233 e. The number of nitrogens with one attached hydrogen (secondary N) is 1. The Morgan fingerprint density at radius 1 is 1.14 bits per heavy atom. The number of aromatic nitrogens is 1. The lowest BCUT2D eigenvalue weighted by atomic mass is 9.96. The molecule has 1 N–H and O–H groups in total. The van der Waals surface area contributed by atoms with E-state index in [0.717, 1.165) is 43.7 Å². The quantitative estimate of drug-likeness (QED) is 0.583. The van der Waals surface area contributed by atoms with E-state index in [1.807, 2.05) is 37.3 Å². The Kier molecular flexibility index (Phi) is 7.42. The molecular weight excluding hydrogens is 402 g/mol. The first-order chi connectivity index (χ1) is 13.7. The van der Waals surface area contributed by atoms with Gasteiger partial charge < -0.3 is 5.32 Å². The van der Waals surface area contributed by atoms with Crippen LogP contribution in [0.15, 0.2) is 60.0 Å². The van der Waals surface area contributed by atoms with Gasteiger partial charge >= 0.3 is 0 Å². The summed E-state index contributed by atoms with van der Waals surface area (Å²) >= 11 is 1.51. The zero-order valence-electron chi connectivity index (χ0n) is 16.5. The standard InChI is InChI=1S/C23H25N3OS.ClH/c1-2-21(18-9-4-3-5-10-18)22(27)25-23-24-20(16-28-23)15-26-13-12-17-8-6-7-11-19(17)14-26;/h3-11,16,21H,2,12-15H2,1H3,(H,24,25,27);1H. The van der Waals surface area contributed by atoms with Crippen LogP contribution in [0.5, 0.6) is 0 Å². The van der Waals surface area contributed by atoms with Gasteiger partial charge in [-0.1, -0.05) is 61.5 Å². The number of fused-ring (bicyclic) bond motifs is 1. The summed E-state index contributed by atoms with van der Waals surface area (Å²) in [5, 5.41) is 5.76. The second-order valence-electron chi connectivity index (χ2n) is 7.23. The number of amides is 1. The van der Waals surface area contributed by atoms with Gasteiger partial charge in [-0.3, -0.25) is 9.69 Å². The number of hydrogen-bond acceptors (Lipinski definition) is 4. The number of rotatable bonds is 6. The molecule has 3 aromatic rings. The van der Waals surface area contributed by atoms with Crippen molar-refractivity contribution in [1.82, 2.24) is 9.88 Å². The van der Waals surface area contributed by atoms with E-state index in [4.69, 9.17) is 0 Å². The number of nitrogens with zero attached hydrogens (tertiary/aromatic N) is 2. The Morgan fingerprint density at radius 3 is 2.62 bits per heavy atom. The highest BCUT2D eigenvalue weighted by Gasteiger charge is 2.20. The zero-order chi connectivity index (χ0) is 19.3. The summed E-state index contributed by atoms with van der Waals surface area (Å²) in [7, 11) is 0. The lowest BCUT2D eigenvalue weighted by molar-refractivity contribution is -0.117. The highest BCUT2D eigenvalue weighted by atomic mass is 35.5.